The molecule has 4 atom stereocenters. The summed E-state index contributed by atoms with van der Waals surface area (Å²) in [6.07, 6.45) is 7.50. The lowest BCUT2D eigenvalue weighted by Crippen LogP contribution is -2.52. The van der Waals surface area contributed by atoms with Crippen molar-refractivity contribution in [3.8, 4) is 23.0 Å². The van der Waals surface area contributed by atoms with Gasteiger partial charge in [-0.15, -0.1) is 11.3 Å². The Morgan fingerprint density at radius 3 is 1.58 bits per heavy atom. The molecule has 20 nitrogen and oxygen atoms in total. The normalized spacial score (nSPS) is 19.0. The monoisotopic (exact) mass is 1290 g/mol. The molecular formula is C70H85N9O11S2. The average Bonchev–Trinajstić information content (AvgIpc) is 1.61. The topological polar surface area (TPSA) is 203 Å². The molecule has 92 heavy (non-hydrogen) atoms. The van der Waals surface area contributed by atoms with Gasteiger partial charge < -0.3 is 34.1 Å². The fraction of sp³-hybridized carbons (Fsp3) is 0.443. The van der Waals surface area contributed by atoms with Crippen LogP contribution in [-0.2, 0) is 14.8 Å². The zero-order valence-corrected chi connectivity index (χ0v) is 55.1. The van der Waals surface area contributed by atoms with E-state index < -0.39 is 22.1 Å². The maximum absolute atomic E-state index is 14.4. The molecule has 1 aliphatic carbocycles. The number of fused-ring (bicyclic) bond motifs is 2. The third-order valence-electron chi connectivity index (χ3n) is 19.3. The summed E-state index contributed by atoms with van der Waals surface area (Å²) in [5.74, 6) is 0.864. The smallest absolute Gasteiger partial charge is 0.264 e. The van der Waals surface area contributed by atoms with Crippen molar-refractivity contribution in [3.05, 3.63) is 160 Å². The van der Waals surface area contributed by atoms with Gasteiger partial charge in [-0.3, -0.25) is 48.5 Å². The Bertz CT molecular complexity index is 3720. The fourth-order valence-corrected chi connectivity index (χ4v) is 16.0. The number of hydrogen-bond donors (Lipinski definition) is 2. The van der Waals surface area contributed by atoms with Gasteiger partial charge in [-0.1, -0.05) is 67.1 Å². The number of piperazine rings is 2. The highest BCUT2D eigenvalue weighted by Gasteiger charge is 2.45. The number of ether oxygens (including phenoxy) is 4. The zero-order valence-electron chi connectivity index (χ0n) is 53.5. The second-order valence-electron chi connectivity index (χ2n) is 24.4. The van der Waals surface area contributed by atoms with Crippen LogP contribution in [-0.4, -0.2) is 182 Å². The number of amides is 5. The predicted octanol–water partition coefficient (Wildman–Crippen LogP) is 9.45. The minimum atomic E-state index is -3.63. The number of sulfonamides is 1. The van der Waals surface area contributed by atoms with E-state index in [1.807, 2.05) is 55.6 Å². The SMILES string of the molecule is COc1ccc([C@@H](CCCNC(=O)[C@@H]2CCCN2C)N2C(=O)c3cccc(N4CCN([C@H](C)c5ccccc5)CC4)c3C2=O)cc1OC.COc1ccc([C@@H](CCCNS(=O)(=O)c2cccs2)N2C(=O)c3cccc(N4CCN(C5CCC5)CC4)c3C2=O)cc1OC. The minimum Gasteiger partial charge on any atom is -0.493 e. The van der Waals surface area contributed by atoms with Crippen LogP contribution in [0.2, 0.25) is 0 Å². The Labute approximate surface area is 544 Å². The molecule has 4 fully saturated rings. The van der Waals surface area contributed by atoms with E-state index in [0.29, 0.717) is 95.1 Å². The van der Waals surface area contributed by atoms with Crippen LogP contribution < -0.4 is 38.8 Å². The molecule has 22 heteroatoms. The molecule has 12 rings (SSSR count). The van der Waals surface area contributed by atoms with Crippen LogP contribution in [0.15, 0.2) is 125 Å². The van der Waals surface area contributed by atoms with E-state index in [-0.39, 0.29) is 46.3 Å². The van der Waals surface area contributed by atoms with Crippen molar-refractivity contribution in [3.63, 3.8) is 0 Å². The lowest BCUT2D eigenvalue weighted by atomic mass is 9.91. The summed E-state index contributed by atoms with van der Waals surface area (Å²) in [6, 6.07) is 35.4. The lowest BCUT2D eigenvalue weighted by molar-refractivity contribution is -0.125. The molecule has 2 N–H and O–H groups in total. The van der Waals surface area contributed by atoms with Crippen molar-refractivity contribution in [2.45, 2.75) is 99.1 Å². The standard InChI is InChI=1S/C38H47N5O5.C32H38N4O6S2/c1-26(27-11-6-5-7-12-27)41-21-23-42(24-22-41)31-14-8-13-29-35(31)38(46)43(37(29)45)30(28-17-18-33(47-3)34(25-28)48-4)15-9-19-39-36(44)32-16-10-20-40(32)2;1-41-27-14-13-22(21-28(27)42-2)25(11-5-15-33-44(39,40)29-12-6-20-43-29)36-31(37)24-9-4-10-26(30(24)32(36)38)35-18-16-34(17-19-35)23-7-3-8-23/h5-8,11-14,17-18,25-26,30,32H,9-10,15-16,19-24H2,1-4H3,(H,39,44);4,6,9-10,12-14,20-21,23,25,33H,3,5,7-8,11,15-19H2,1-2H3/t26-,30-,32+;25-/m11/s1. The first kappa shape index (κ1) is 65.6. The van der Waals surface area contributed by atoms with E-state index in [0.717, 1.165) is 100 Å². The molecule has 6 aliphatic rings. The highest BCUT2D eigenvalue weighted by Crippen LogP contribution is 2.43. The number of nitrogens with one attached hydrogen (secondary N) is 2. The average molecular weight is 1290 g/mol. The number of hydrogen-bond acceptors (Lipinski definition) is 17. The summed E-state index contributed by atoms with van der Waals surface area (Å²) in [7, 11) is 4.58. The number of likely N-dealkylation sites (N-methyl/N-ethyl adjacent to an activating group) is 1. The van der Waals surface area contributed by atoms with Gasteiger partial charge in [0.15, 0.2) is 23.0 Å². The summed E-state index contributed by atoms with van der Waals surface area (Å²) >= 11 is 1.15. The summed E-state index contributed by atoms with van der Waals surface area (Å²) in [5, 5.41) is 4.80. The Morgan fingerprint density at radius 1 is 0.565 bits per heavy atom. The Kier molecular flexibility index (Phi) is 21.0. The zero-order chi connectivity index (χ0) is 64.6. The molecule has 0 radical (unpaired) electrons. The third-order valence-corrected chi connectivity index (χ3v) is 22.1. The van der Waals surface area contributed by atoms with Crippen molar-refractivity contribution >= 4 is 62.3 Å². The van der Waals surface area contributed by atoms with E-state index in [2.05, 4.69) is 65.7 Å². The summed E-state index contributed by atoms with van der Waals surface area (Å²) < 4.78 is 50.3. The maximum atomic E-state index is 14.4. The van der Waals surface area contributed by atoms with E-state index in [4.69, 9.17) is 18.9 Å². The minimum absolute atomic E-state index is 0.0290. The maximum Gasteiger partial charge on any atom is 0.264 e. The molecule has 0 unspecified atom stereocenters. The van der Waals surface area contributed by atoms with Gasteiger partial charge in [-0.05, 0) is 149 Å². The van der Waals surface area contributed by atoms with Gasteiger partial charge in [0, 0.05) is 77.5 Å². The van der Waals surface area contributed by atoms with Gasteiger partial charge in [-0.25, -0.2) is 13.1 Å². The van der Waals surface area contributed by atoms with Gasteiger partial charge >= 0.3 is 0 Å². The van der Waals surface area contributed by atoms with Crippen LogP contribution in [0.1, 0.15) is 141 Å². The Morgan fingerprint density at radius 2 is 1.10 bits per heavy atom. The lowest BCUT2D eigenvalue weighted by Gasteiger charge is -2.43. The number of anilines is 2. The number of benzene rings is 5. The molecule has 3 saturated heterocycles. The number of nitrogens with zero attached hydrogens (tertiary/aromatic N) is 7. The molecule has 0 spiro atoms. The Hall–Kier alpha value is -7.86. The van der Waals surface area contributed by atoms with Crippen LogP contribution in [0.4, 0.5) is 11.4 Å². The quantitative estimate of drug-likeness (QED) is 0.0428. The predicted molar refractivity (Wildman–Crippen MR) is 355 cm³/mol. The number of methoxy groups -OCH3 is 4. The van der Waals surface area contributed by atoms with Gasteiger partial charge in [0.2, 0.25) is 15.9 Å². The Balaban J connectivity index is 0.000000189. The highest BCUT2D eigenvalue weighted by atomic mass is 32.2. The molecule has 0 bridgehead atoms. The number of imide groups is 2. The van der Waals surface area contributed by atoms with Crippen molar-refractivity contribution in [1.82, 2.24) is 34.5 Å². The molecule has 6 aromatic rings. The molecule has 5 aliphatic heterocycles. The molecule has 5 amide bonds. The molecule has 1 aromatic heterocycles. The van der Waals surface area contributed by atoms with Crippen molar-refractivity contribution in [1.29, 1.82) is 0 Å². The van der Waals surface area contributed by atoms with Gasteiger partial charge in [0.05, 0.1) is 80.2 Å². The molecule has 6 heterocycles. The first-order valence-electron chi connectivity index (χ1n) is 32.1. The second kappa shape index (κ2) is 29.4. The van der Waals surface area contributed by atoms with E-state index in [1.165, 1.54) is 41.7 Å². The van der Waals surface area contributed by atoms with Gasteiger partial charge in [0.25, 0.3) is 23.6 Å². The van der Waals surface area contributed by atoms with Gasteiger partial charge in [-0.2, -0.15) is 0 Å². The number of likely N-dealkylation sites (tertiary alicyclic amines) is 1. The summed E-state index contributed by atoms with van der Waals surface area (Å²) in [5.41, 5.74) is 6.11. The first-order chi connectivity index (χ1) is 44.6. The number of carbonyl (C=O) groups is 5. The second-order valence-corrected chi connectivity index (χ2v) is 27.3. The number of rotatable bonds is 24. The number of carbonyl (C=O) groups excluding carboxylic acids is 5. The van der Waals surface area contributed by atoms with Crippen LogP contribution in [0.3, 0.4) is 0 Å². The van der Waals surface area contributed by atoms with Gasteiger partial charge in [0.1, 0.15) is 4.21 Å². The highest BCUT2D eigenvalue weighted by molar-refractivity contribution is 7.91. The largest absolute Gasteiger partial charge is 0.493 e. The van der Waals surface area contributed by atoms with Crippen LogP contribution >= 0.6 is 11.3 Å². The van der Waals surface area contributed by atoms with E-state index >= 15 is 0 Å². The van der Waals surface area contributed by atoms with Crippen molar-refractivity contribution in [2.24, 2.45) is 0 Å². The molecule has 488 valence electrons. The number of thiophene rings is 1. The van der Waals surface area contributed by atoms with Crippen LogP contribution in [0.5, 0.6) is 23.0 Å². The third kappa shape index (κ3) is 13.8. The summed E-state index contributed by atoms with van der Waals surface area (Å²) in [6.45, 7) is 10.5. The van der Waals surface area contributed by atoms with Crippen LogP contribution in [0, 0.1) is 0 Å². The van der Waals surface area contributed by atoms with E-state index in [9.17, 15) is 32.4 Å². The van der Waals surface area contributed by atoms with Crippen molar-refractivity contribution in [2.75, 3.05) is 117 Å². The van der Waals surface area contributed by atoms with E-state index in [1.54, 1.807) is 69.2 Å². The van der Waals surface area contributed by atoms with Crippen molar-refractivity contribution < 1.29 is 51.3 Å². The summed E-state index contributed by atoms with van der Waals surface area (Å²) in [4.78, 5) is 83.9. The molecular weight excluding hydrogens is 1210 g/mol. The molecule has 5 aromatic carbocycles. The van der Waals surface area contributed by atoms with Crippen LogP contribution in [0.25, 0.3) is 0 Å². The first-order valence-corrected chi connectivity index (χ1v) is 34.5. The molecule has 1 saturated carbocycles. The fourth-order valence-electron chi connectivity index (χ4n) is 13.9.